The van der Waals surface area contributed by atoms with Gasteiger partial charge in [-0.15, -0.1) is 11.8 Å². The molecule has 0 bridgehead atoms. The number of carboxylic acid groups (broad SMARTS) is 1. The van der Waals surface area contributed by atoms with Gasteiger partial charge in [0.05, 0.1) is 5.75 Å². The maximum Gasteiger partial charge on any atom is 0.313 e. The van der Waals surface area contributed by atoms with Crippen molar-refractivity contribution >= 4 is 17.7 Å². The minimum absolute atomic E-state index is 0.00642. The summed E-state index contributed by atoms with van der Waals surface area (Å²) >= 11 is 1.20. The first-order valence-electron chi connectivity index (χ1n) is 3.70. The van der Waals surface area contributed by atoms with Crippen LogP contribution in [0.3, 0.4) is 0 Å². The van der Waals surface area contributed by atoms with E-state index < -0.39 is 5.97 Å². The zero-order chi connectivity index (χ0) is 9.84. The van der Waals surface area contributed by atoms with Gasteiger partial charge in [-0.05, 0) is 30.7 Å². The van der Waals surface area contributed by atoms with Crippen molar-refractivity contribution in [2.45, 2.75) is 11.8 Å². The molecule has 0 aromatic heterocycles. The molecule has 4 heteroatoms. The number of aryl methyl sites for hydroxylation is 1. The number of carbonyl (C=O) groups is 1. The van der Waals surface area contributed by atoms with Crippen LogP contribution in [0.25, 0.3) is 0 Å². The second kappa shape index (κ2) is 4.28. The Kier molecular flexibility index (Phi) is 3.31. The van der Waals surface area contributed by atoms with E-state index in [-0.39, 0.29) is 11.6 Å². The van der Waals surface area contributed by atoms with Crippen LogP contribution < -0.4 is 0 Å². The molecule has 0 amide bonds. The third-order valence-electron chi connectivity index (χ3n) is 1.49. The van der Waals surface area contributed by atoms with Crippen molar-refractivity contribution in [1.29, 1.82) is 0 Å². The lowest BCUT2D eigenvalue weighted by Crippen LogP contribution is -1.97. The van der Waals surface area contributed by atoms with Gasteiger partial charge in [-0.25, -0.2) is 4.39 Å². The highest BCUT2D eigenvalue weighted by atomic mass is 32.2. The van der Waals surface area contributed by atoms with Crippen LogP contribution in [-0.2, 0) is 4.79 Å². The van der Waals surface area contributed by atoms with Gasteiger partial charge in [0.25, 0.3) is 0 Å². The van der Waals surface area contributed by atoms with Crippen LogP contribution in [0.2, 0.25) is 0 Å². The summed E-state index contributed by atoms with van der Waals surface area (Å²) in [5, 5.41) is 8.43. The lowest BCUT2D eigenvalue weighted by atomic mass is 10.2. The van der Waals surface area contributed by atoms with E-state index in [0.717, 1.165) is 10.5 Å². The molecule has 0 aliphatic heterocycles. The van der Waals surface area contributed by atoms with Crippen LogP contribution in [0.4, 0.5) is 4.39 Å². The summed E-state index contributed by atoms with van der Waals surface area (Å²) < 4.78 is 12.6. The summed E-state index contributed by atoms with van der Waals surface area (Å²) in [6.07, 6.45) is 0. The van der Waals surface area contributed by atoms with Crippen molar-refractivity contribution < 1.29 is 14.3 Å². The molecule has 0 spiro atoms. The number of thioether (sulfide) groups is 1. The summed E-state index contributed by atoms with van der Waals surface area (Å²) in [4.78, 5) is 11.1. The van der Waals surface area contributed by atoms with Crippen molar-refractivity contribution in [1.82, 2.24) is 0 Å². The zero-order valence-corrected chi connectivity index (χ0v) is 7.90. The fourth-order valence-electron chi connectivity index (χ4n) is 0.914. The Labute approximate surface area is 79.8 Å². The molecule has 1 aromatic carbocycles. The zero-order valence-electron chi connectivity index (χ0n) is 7.08. The molecule has 0 radical (unpaired) electrons. The topological polar surface area (TPSA) is 37.3 Å². The standard InChI is InChI=1S/C9H9FO2S/c1-6-4-7(10)2-3-8(6)13-5-9(11)12/h2-4H,5H2,1H3,(H,11,12). The quantitative estimate of drug-likeness (QED) is 0.761. The Morgan fingerprint density at radius 3 is 2.85 bits per heavy atom. The molecule has 0 fully saturated rings. The van der Waals surface area contributed by atoms with Crippen LogP contribution in [0.5, 0.6) is 0 Å². The van der Waals surface area contributed by atoms with Gasteiger partial charge in [0, 0.05) is 4.90 Å². The number of hydrogen-bond donors (Lipinski definition) is 1. The highest BCUT2D eigenvalue weighted by Crippen LogP contribution is 2.22. The van der Waals surface area contributed by atoms with Crippen LogP contribution >= 0.6 is 11.8 Å². The maximum atomic E-state index is 12.6. The molecule has 1 rings (SSSR count). The first-order valence-corrected chi connectivity index (χ1v) is 4.69. The average Bonchev–Trinajstić information content (AvgIpc) is 2.02. The molecular formula is C9H9FO2S. The fraction of sp³-hybridized carbons (Fsp3) is 0.222. The molecular weight excluding hydrogens is 191 g/mol. The van der Waals surface area contributed by atoms with Crippen LogP contribution in [-0.4, -0.2) is 16.8 Å². The predicted molar refractivity (Wildman–Crippen MR) is 49.5 cm³/mol. The second-order valence-corrected chi connectivity index (χ2v) is 3.61. The van der Waals surface area contributed by atoms with Crippen molar-refractivity contribution in [2.24, 2.45) is 0 Å². The van der Waals surface area contributed by atoms with Gasteiger partial charge in [0.15, 0.2) is 0 Å². The van der Waals surface area contributed by atoms with E-state index in [1.807, 2.05) is 0 Å². The van der Waals surface area contributed by atoms with E-state index in [0.29, 0.717) is 0 Å². The van der Waals surface area contributed by atoms with Crippen LogP contribution in [0.1, 0.15) is 5.56 Å². The highest BCUT2D eigenvalue weighted by molar-refractivity contribution is 8.00. The molecule has 1 aromatic rings. The Morgan fingerprint density at radius 2 is 2.31 bits per heavy atom. The number of carboxylic acids is 1. The Morgan fingerprint density at radius 1 is 1.62 bits per heavy atom. The molecule has 2 nitrogen and oxygen atoms in total. The fourth-order valence-corrected chi connectivity index (χ4v) is 1.64. The molecule has 0 aliphatic rings. The van der Waals surface area contributed by atoms with E-state index >= 15 is 0 Å². The first kappa shape index (κ1) is 10.1. The minimum atomic E-state index is -0.867. The number of hydrogen-bond acceptors (Lipinski definition) is 2. The Bertz CT molecular complexity index is 325. The van der Waals surface area contributed by atoms with Gasteiger partial charge in [0.2, 0.25) is 0 Å². The Balaban J connectivity index is 2.72. The lowest BCUT2D eigenvalue weighted by molar-refractivity contribution is -0.133. The van der Waals surface area contributed by atoms with Gasteiger partial charge in [-0.2, -0.15) is 0 Å². The molecule has 13 heavy (non-hydrogen) atoms. The van der Waals surface area contributed by atoms with Crippen molar-refractivity contribution in [3.8, 4) is 0 Å². The van der Waals surface area contributed by atoms with Crippen LogP contribution in [0.15, 0.2) is 23.1 Å². The largest absolute Gasteiger partial charge is 0.481 e. The minimum Gasteiger partial charge on any atom is -0.481 e. The smallest absolute Gasteiger partial charge is 0.313 e. The van der Waals surface area contributed by atoms with Gasteiger partial charge in [-0.3, -0.25) is 4.79 Å². The summed E-state index contributed by atoms with van der Waals surface area (Å²) in [7, 11) is 0. The van der Waals surface area contributed by atoms with Crippen molar-refractivity contribution in [3.63, 3.8) is 0 Å². The molecule has 70 valence electrons. The maximum absolute atomic E-state index is 12.6. The van der Waals surface area contributed by atoms with E-state index in [2.05, 4.69) is 0 Å². The Hall–Kier alpha value is -1.03. The molecule has 0 unspecified atom stereocenters. The molecule has 0 atom stereocenters. The van der Waals surface area contributed by atoms with Gasteiger partial charge in [0.1, 0.15) is 5.82 Å². The monoisotopic (exact) mass is 200 g/mol. The third kappa shape index (κ3) is 3.06. The van der Waals surface area contributed by atoms with Crippen molar-refractivity contribution in [3.05, 3.63) is 29.6 Å². The van der Waals surface area contributed by atoms with E-state index in [4.69, 9.17) is 5.11 Å². The van der Waals surface area contributed by atoms with Gasteiger partial charge >= 0.3 is 5.97 Å². The summed E-state index contributed by atoms with van der Waals surface area (Å²) in [6, 6.07) is 4.32. The normalized spacial score (nSPS) is 10.0. The first-order chi connectivity index (χ1) is 6.09. The molecule has 0 saturated carbocycles. The molecule has 0 heterocycles. The predicted octanol–water partition coefficient (Wildman–Crippen LogP) is 2.31. The summed E-state index contributed by atoms with van der Waals surface area (Å²) in [6.45, 7) is 1.76. The van der Waals surface area contributed by atoms with Crippen molar-refractivity contribution in [2.75, 3.05) is 5.75 Å². The average molecular weight is 200 g/mol. The number of rotatable bonds is 3. The highest BCUT2D eigenvalue weighted by Gasteiger charge is 2.03. The third-order valence-corrected chi connectivity index (χ3v) is 2.65. The molecule has 1 N–H and O–H groups in total. The van der Waals surface area contributed by atoms with E-state index in [1.54, 1.807) is 13.0 Å². The van der Waals surface area contributed by atoms with E-state index in [9.17, 15) is 9.18 Å². The van der Waals surface area contributed by atoms with Gasteiger partial charge < -0.3 is 5.11 Å². The second-order valence-electron chi connectivity index (χ2n) is 2.59. The number of benzene rings is 1. The summed E-state index contributed by atoms with van der Waals surface area (Å²) in [5.41, 5.74) is 0.770. The number of aliphatic carboxylic acids is 1. The lowest BCUT2D eigenvalue weighted by Gasteiger charge is -2.02. The molecule has 0 saturated heterocycles. The van der Waals surface area contributed by atoms with Gasteiger partial charge in [-0.1, -0.05) is 0 Å². The molecule has 0 aliphatic carbocycles. The summed E-state index contributed by atoms with van der Waals surface area (Å²) in [5.74, 6) is -1.15. The van der Waals surface area contributed by atoms with E-state index in [1.165, 1.54) is 23.9 Å². The number of halogens is 1. The SMILES string of the molecule is Cc1cc(F)ccc1SCC(=O)O. The van der Waals surface area contributed by atoms with Crippen LogP contribution in [0, 0.1) is 12.7 Å².